The van der Waals surface area contributed by atoms with Gasteiger partial charge in [-0.15, -0.1) is 10.2 Å². The molecule has 20 heavy (non-hydrogen) atoms. The molecule has 0 saturated heterocycles. The van der Waals surface area contributed by atoms with Crippen LogP contribution < -0.4 is 4.72 Å². The highest BCUT2D eigenvalue weighted by molar-refractivity contribution is 7.87. The highest BCUT2D eigenvalue weighted by Crippen LogP contribution is 2.13. The van der Waals surface area contributed by atoms with Crippen LogP contribution in [-0.2, 0) is 10.2 Å². The minimum Gasteiger partial charge on any atom is -0.285 e. The van der Waals surface area contributed by atoms with E-state index in [1.807, 2.05) is 24.4 Å². The van der Waals surface area contributed by atoms with Crippen molar-refractivity contribution in [1.82, 2.24) is 23.6 Å². The summed E-state index contributed by atoms with van der Waals surface area (Å²) in [6, 6.07) is 5.07. The third-order valence-corrected chi connectivity index (χ3v) is 4.95. The molecule has 1 unspecified atom stereocenters. The lowest BCUT2D eigenvalue weighted by atomic mass is 10.3. The van der Waals surface area contributed by atoms with Gasteiger partial charge in [0.1, 0.15) is 0 Å². The Morgan fingerprint density at radius 2 is 2.00 bits per heavy atom. The molecule has 0 radical (unpaired) electrons. The minimum atomic E-state index is -3.51. The predicted octanol–water partition coefficient (Wildman–Crippen LogP) is 0.966. The van der Waals surface area contributed by atoms with E-state index in [2.05, 4.69) is 14.9 Å². The molecule has 110 valence electrons. The van der Waals surface area contributed by atoms with Gasteiger partial charge in [-0.25, -0.2) is 0 Å². The highest BCUT2D eigenvalue weighted by atomic mass is 32.2. The zero-order valence-electron chi connectivity index (χ0n) is 11.8. The van der Waals surface area contributed by atoms with Crippen LogP contribution in [0.4, 0.5) is 0 Å². The number of rotatable bonds is 6. The van der Waals surface area contributed by atoms with Crippen molar-refractivity contribution in [1.29, 1.82) is 0 Å². The average Bonchev–Trinajstić information content (AvgIpc) is 2.83. The summed E-state index contributed by atoms with van der Waals surface area (Å²) in [4.78, 5) is 0. The Hall–Kier alpha value is -1.51. The quantitative estimate of drug-likeness (QED) is 0.861. The lowest BCUT2D eigenvalue weighted by Gasteiger charge is -2.21. The molecule has 2 aromatic rings. The Balaban J connectivity index is 2.26. The van der Waals surface area contributed by atoms with Crippen LogP contribution in [0.25, 0.3) is 5.65 Å². The largest absolute Gasteiger partial charge is 0.285 e. The lowest BCUT2D eigenvalue weighted by molar-refractivity contribution is 0.427. The molecule has 0 fully saturated rings. The van der Waals surface area contributed by atoms with E-state index in [4.69, 9.17) is 0 Å². The van der Waals surface area contributed by atoms with E-state index in [1.165, 1.54) is 4.31 Å². The Morgan fingerprint density at radius 1 is 1.30 bits per heavy atom. The molecule has 7 nitrogen and oxygen atoms in total. The first-order valence-electron chi connectivity index (χ1n) is 6.56. The van der Waals surface area contributed by atoms with Gasteiger partial charge < -0.3 is 0 Å². The van der Waals surface area contributed by atoms with Crippen molar-refractivity contribution in [2.24, 2.45) is 0 Å². The van der Waals surface area contributed by atoms with Crippen LogP contribution in [0.5, 0.6) is 0 Å². The summed E-state index contributed by atoms with van der Waals surface area (Å²) in [6.07, 6.45) is 1.81. The number of nitrogens with zero attached hydrogens (tertiary/aromatic N) is 4. The maximum atomic E-state index is 12.2. The maximum absolute atomic E-state index is 12.2. The summed E-state index contributed by atoms with van der Waals surface area (Å²) in [7, 11) is -3.51. The van der Waals surface area contributed by atoms with Gasteiger partial charge in [0.2, 0.25) is 0 Å². The Morgan fingerprint density at radius 3 is 2.65 bits per heavy atom. The molecule has 0 aliphatic carbocycles. The van der Waals surface area contributed by atoms with Crippen molar-refractivity contribution in [3.05, 3.63) is 30.2 Å². The topological polar surface area (TPSA) is 79.6 Å². The van der Waals surface area contributed by atoms with E-state index in [9.17, 15) is 8.42 Å². The van der Waals surface area contributed by atoms with Gasteiger partial charge in [-0.05, 0) is 19.1 Å². The SMILES string of the molecule is CCN(CC)S(=O)(=O)NC(C)c1nnc2ccccn12. The summed E-state index contributed by atoms with van der Waals surface area (Å²) in [5, 5.41) is 8.08. The van der Waals surface area contributed by atoms with Gasteiger partial charge in [-0.1, -0.05) is 19.9 Å². The molecular formula is C12H19N5O2S. The summed E-state index contributed by atoms with van der Waals surface area (Å²) in [6.45, 7) is 6.22. The number of fused-ring (bicyclic) bond motifs is 1. The average molecular weight is 297 g/mol. The molecule has 0 aromatic carbocycles. The first kappa shape index (κ1) is 14.9. The fraction of sp³-hybridized carbons (Fsp3) is 0.500. The van der Waals surface area contributed by atoms with Crippen LogP contribution in [0.1, 0.15) is 32.6 Å². The van der Waals surface area contributed by atoms with Crippen LogP contribution in [-0.4, -0.2) is 40.4 Å². The number of hydrogen-bond acceptors (Lipinski definition) is 4. The van der Waals surface area contributed by atoms with Gasteiger partial charge in [-0.3, -0.25) is 4.40 Å². The minimum absolute atomic E-state index is 0.430. The third-order valence-electron chi connectivity index (χ3n) is 3.10. The summed E-state index contributed by atoms with van der Waals surface area (Å²) in [5.41, 5.74) is 0.691. The molecule has 1 N–H and O–H groups in total. The second-order valence-electron chi connectivity index (χ2n) is 4.42. The van der Waals surface area contributed by atoms with Gasteiger partial charge >= 0.3 is 0 Å². The van der Waals surface area contributed by atoms with Crippen molar-refractivity contribution in [2.75, 3.05) is 13.1 Å². The van der Waals surface area contributed by atoms with Crippen molar-refractivity contribution in [2.45, 2.75) is 26.8 Å². The van der Waals surface area contributed by atoms with Crippen LogP contribution in [0.3, 0.4) is 0 Å². The van der Waals surface area contributed by atoms with E-state index >= 15 is 0 Å². The zero-order chi connectivity index (χ0) is 14.8. The molecule has 0 saturated carbocycles. The molecule has 2 rings (SSSR count). The van der Waals surface area contributed by atoms with Crippen molar-refractivity contribution in [3.63, 3.8) is 0 Å². The second-order valence-corrected chi connectivity index (χ2v) is 6.12. The molecule has 0 amide bonds. The molecule has 2 heterocycles. The number of hydrogen-bond donors (Lipinski definition) is 1. The summed E-state index contributed by atoms with van der Waals surface area (Å²) >= 11 is 0. The molecule has 0 spiro atoms. The maximum Gasteiger partial charge on any atom is 0.280 e. The molecule has 1 atom stereocenters. The standard InChI is InChI=1S/C12H19N5O2S/c1-4-16(5-2)20(18,19)15-10(3)12-14-13-11-8-6-7-9-17(11)12/h6-10,15H,4-5H2,1-3H3. The fourth-order valence-corrected chi connectivity index (χ4v) is 3.45. The monoisotopic (exact) mass is 297 g/mol. The summed E-state index contributed by atoms with van der Waals surface area (Å²) < 4.78 is 30.2. The summed E-state index contributed by atoms with van der Waals surface area (Å²) in [5.74, 6) is 0.566. The van der Waals surface area contributed by atoms with E-state index in [1.54, 1.807) is 25.2 Å². The first-order valence-corrected chi connectivity index (χ1v) is 8.00. The molecule has 0 aliphatic rings. The van der Waals surface area contributed by atoms with Crippen LogP contribution >= 0.6 is 0 Å². The molecule has 0 aliphatic heterocycles. The number of aromatic nitrogens is 3. The Kier molecular flexibility index (Phi) is 4.36. The zero-order valence-corrected chi connectivity index (χ0v) is 12.6. The first-order chi connectivity index (χ1) is 9.49. The normalized spacial score (nSPS) is 14.0. The number of pyridine rings is 1. The highest BCUT2D eigenvalue weighted by Gasteiger charge is 2.24. The van der Waals surface area contributed by atoms with E-state index in [0.717, 1.165) is 0 Å². The van der Waals surface area contributed by atoms with Crippen LogP contribution in [0, 0.1) is 0 Å². The fourth-order valence-electron chi connectivity index (χ4n) is 2.07. The van der Waals surface area contributed by atoms with E-state index in [-0.39, 0.29) is 0 Å². The molecule has 2 aromatic heterocycles. The van der Waals surface area contributed by atoms with Gasteiger partial charge in [0.05, 0.1) is 6.04 Å². The molecule has 8 heteroatoms. The van der Waals surface area contributed by atoms with E-state index in [0.29, 0.717) is 24.6 Å². The Labute approximate surface area is 118 Å². The Bertz CT molecular complexity index is 678. The molecular weight excluding hydrogens is 278 g/mol. The van der Waals surface area contributed by atoms with Gasteiger partial charge in [0, 0.05) is 19.3 Å². The van der Waals surface area contributed by atoms with Crippen molar-refractivity contribution >= 4 is 15.9 Å². The van der Waals surface area contributed by atoms with Crippen LogP contribution in [0.2, 0.25) is 0 Å². The number of nitrogens with one attached hydrogen (secondary N) is 1. The lowest BCUT2D eigenvalue weighted by Crippen LogP contribution is -2.41. The van der Waals surface area contributed by atoms with Crippen LogP contribution in [0.15, 0.2) is 24.4 Å². The second kappa shape index (κ2) is 5.86. The van der Waals surface area contributed by atoms with E-state index < -0.39 is 16.3 Å². The van der Waals surface area contributed by atoms with Gasteiger partial charge in [0.25, 0.3) is 10.2 Å². The molecule has 0 bridgehead atoms. The van der Waals surface area contributed by atoms with Crippen molar-refractivity contribution in [3.8, 4) is 0 Å². The smallest absolute Gasteiger partial charge is 0.280 e. The van der Waals surface area contributed by atoms with Crippen molar-refractivity contribution < 1.29 is 8.42 Å². The van der Waals surface area contributed by atoms with Gasteiger partial charge in [-0.2, -0.15) is 17.4 Å². The third kappa shape index (κ3) is 2.82. The predicted molar refractivity (Wildman–Crippen MR) is 76.4 cm³/mol. The van der Waals surface area contributed by atoms with Gasteiger partial charge in [0.15, 0.2) is 11.5 Å².